The number of hydrogen-bond donors (Lipinski definition) is 3. The molecule has 0 aromatic rings. The van der Waals surface area contributed by atoms with E-state index in [1.807, 2.05) is 0 Å². The SMILES string of the molecule is CC1CCC(O)(CNCO)CC1. The number of rotatable bonds is 3. The number of aliphatic hydroxyl groups is 2. The molecule has 0 radical (unpaired) electrons. The van der Waals surface area contributed by atoms with Gasteiger partial charge in [0.1, 0.15) is 0 Å². The van der Waals surface area contributed by atoms with E-state index in [-0.39, 0.29) is 6.73 Å². The molecule has 1 aliphatic carbocycles. The smallest absolute Gasteiger partial charge is 0.0932 e. The monoisotopic (exact) mass is 173 g/mol. The Labute approximate surface area is 73.8 Å². The van der Waals surface area contributed by atoms with Crippen molar-refractivity contribution >= 4 is 0 Å². The van der Waals surface area contributed by atoms with Gasteiger partial charge in [-0.2, -0.15) is 0 Å². The summed E-state index contributed by atoms with van der Waals surface area (Å²) >= 11 is 0. The van der Waals surface area contributed by atoms with Crippen LogP contribution in [0.2, 0.25) is 0 Å². The summed E-state index contributed by atoms with van der Waals surface area (Å²) in [5, 5.41) is 21.3. The lowest BCUT2D eigenvalue weighted by Crippen LogP contribution is -2.43. The molecular formula is C9H19NO2. The fraction of sp³-hybridized carbons (Fsp3) is 1.00. The van der Waals surface area contributed by atoms with E-state index in [4.69, 9.17) is 5.11 Å². The van der Waals surface area contributed by atoms with Gasteiger partial charge in [0.2, 0.25) is 0 Å². The van der Waals surface area contributed by atoms with Gasteiger partial charge in [0.25, 0.3) is 0 Å². The second kappa shape index (κ2) is 4.21. The average Bonchev–Trinajstić information content (AvgIpc) is 2.08. The number of nitrogens with one attached hydrogen (secondary N) is 1. The molecule has 0 heterocycles. The van der Waals surface area contributed by atoms with Crippen LogP contribution < -0.4 is 5.32 Å². The van der Waals surface area contributed by atoms with Gasteiger partial charge in [0.15, 0.2) is 0 Å². The number of hydrogen-bond acceptors (Lipinski definition) is 3. The molecule has 0 spiro atoms. The Bertz CT molecular complexity index is 125. The highest BCUT2D eigenvalue weighted by atomic mass is 16.3. The van der Waals surface area contributed by atoms with E-state index >= 15 is 0 Å². The molecule has 3 heteroatoms. The van der Waals surface area contributed by atoms with E-state index in [9.17, 15) is 5.11 Å². The topological polar surface area (TPSA) is 52.5 Å². The van der Waals surface area contributed by atoms with E-state index in [1.54, 1.807) is 0 Å². The van der Waals surface area contributed by atoms with Crippen LogP contribution in [0.15, 0.2) is 0 Å². The molecule has 1 aliphatic rings. The maximum atomic E-state index is 9.95. The van der Waals surface area contributed by atoms with Crippen LogP contribution in [0.4, 0.5) is 0 Å². The van der Waals surface area contributed by atoms with Crippen molar-refractivity contribution in [2.45, 2.75) is 38.2 Å². The molecule has 0 unspecified atom stereocenters. The average molecular weight is 173 g/mol. The minimum absolute atomic E-state index is 0.0438. The molecule has 0 aliphatic heterocycles. The zero-order valence-electron chi connectivity index (χ0n) is 7.71. The van der Waals surface area contributed by atoms with Gasteiger partial charge in [0, 0.05) is 6.54 Å². The summed E-state index contributed by atoms with van der Waals surface area (Å²) in [6.45, 7) is 2.70. The van der Waals surface area contributed by atoms with Gasteiger partial charge in [-0.15, -0.1) is 0 Å². The normalized spacial score (nSPS) is 36.8. The molecule has 0 aromatic heterocycles. The summed E-state index contributed by atoms with van der Waals surface area (Å²) in [4.78, 5) is 0. The van der Waals surface area contributed by atoms with Gasteiger partial charge in [-0.3, -0.25) is 5.32 Å². The van der Waals surface area contributed by atoms with Gasteiger partial charge in [-0.05, 0) is 31.6 Å². The first-order chi connectivity index (χ1) is 5.66. The highest BCUT2D eigenvalue weighted by Gasteiger charge is 2.30. The third-order valence-corrected chi connectivity index (χ3v) is 2.77. The Morgan fingerprint density at radius 3 is 2.50 bits per heavy atom. The molecule has 0 saturated heterocycles. The Hall–Kier alpha value is -0.120. The Kier molecular flexibility index (Phi) is 3.50. The third-order valence-electron chi connectivity index (χ3n) is 2.77. The largest absolute Gasteiger partial charge is 0.389 e. The Morgan fingerprint density at radius 1 is 1.42 bits per heavy atom. The first-order valence-electron chi connectivity index (χ1n) is 4.70. The Balaban J connectivity index is 2.29. The van der Waals surface area contributed by atoms with Crippen molar-refractivity contribution in [2.24, 2.45) is 5.92 Å². The van der Waals surface area contributed by atoms with E-state index < -0.39 is 5.60 Å². The van der Waals surface area contributed by atoms with E-state index in [1.165, 1.54) is 0 Å². The first kappa shape index (κ1) is 9.96. The van der Waals surface area contributed by atoms with Gasteiger partial charge >= 0.3 is 0 Å². The molecule has 3 nitrogen and oxygen atoms in total. The summed E-state index contributed by atoms with van der Waals surface area (Å²) in [5.74, 6) is 0.749. The standard InChI is InChI=1S/C9H19NO2/c1-8-2-4-9(12,5-3-8)6-10-7-11/h8,10-12H,2-7H2,1H3. The van der Waals surface area contributed by atoms with E-state index in [0.29, 0.717) is 6.54 Å². The third kappa shape index (κ3) is 2.73. The van der Waals surface area contributed by atoms with E-state index in [2.05, 4.69) is 12.2 Å². The summed E-state index contributed by atoms with van der Waals surface area (Å²) in [7, 11) is 0. The second-order valence-electron chi connectivity index (χ2n) is 3.99. The van der Waals surface area contributed by atoms with Crippen LogP contribution in [0.5, 0.6) is 0 Å². The molecule has 0 aromatic carbocycles. The van der Waals surface area contributed by atoms with Crippen LogP contribution in [-0.2, 0) is 0 Å². The van der Waals surface area contributed by atoms with Gasteiger partial charge in [0.05, 0.1) is 12.3 Å². The quantitative estimate of drug-likeness (QED) is 0.544. The molecular weight excluding hydrogens is 154 g/mol. The number of aliphatic hydroxyl groups excluding tert-OH is 1. The maximum Gasteiger partial charge on any atom is 0.0932 e. The molecule has 3 N–H and O–H groups in total. The predicted molar refractivity (Wildman–Crippen MR) is 47.7 cm³/mol. The maximum absolute atomic E-state index is 9.95. The summed E-state index contributed by atoms with van der Waals surface area (Å²) in [6, 6.07) is 0. The minimum atomic E-state index is -0.560. The van der Waals surface area contributed by atoms with Crippen molar-refractivity contribution in [2.75, 3.05) is 13.3 Å². The van der Waals surface area contributed by atoms with Gasteiger partial charge in [-0.25, -0.2) is 0 Å². The highest BCUT2D eigenvalue weighted by molar-refractivity contribution is 4.85. The van der Waals surface area contributed by atoms with Crippen LogP contribution in [0.3, 0.4) is 0 Å². The van der Waals surface area contributed by atoms with E-state index in [0.717, 1.165) is 31.6 Å². The fourth-order valence-electron chi connectivity index (χ4n) is 1.76. The molecule has 1 saturated carbocycles. The minimum Gasteiger partial charge on any atom is -0.389 e. The van der Waals surface area contributed by atoms with Crippen LogP contribution in [-0.4, -0.2) is 29.1 Å². The lowest BCUT2D eigenvalue weighted by molar-refractivity contribution is -0.0103. The van der Waals surface area contributed by atoms with Crippen molar-refractivity contribution in [3.63, 3.8) is 0 Å². The summed E-state index contributed by atoms with van der Waals surface area (Å²) in [6.07, 6.45) is 3.93. The second-order valence-corrected chi connectivity index (χ2v) is 3.99. The zero-order chi connectivity index (χ0) is 9.03. The van der Waals surface area contributed by atoms with Crippen LogP contribution in [0.1, 0.15) is 32.6 Å². The fourth-order valence-corrected chi connectivity index (χ4v) is 1.76. The molecule has 12 heavy (non-hydrogen) atoms. The lowest BCUT2D eigenvalue weighted by atomic mass is 9.79. The van der Waals surface area contributed by atoms with Crippen molar-refractivity contribution in [3.8, 4) is 0 Å². The van der Waals surface area contributed by atoms with Crippen molar-refractivity contribution in [1.29, 1.82) is 0 Å². The van der Waals surface area contributed by atoms with Gasteiger partial charge < -0.3 is 10.2 Å². The predicted octanol–water partition coefficient (Wildman–Crippen LogP) is 0.467. The van der Waals surface area contributed by atoms with Crippen LogP contribution in [0, 0.1) is 5.92 Å². The summed E-state index contributed by atoms with van der Waals surface area (Å²) < 4.78 is 0. The molecule has 1 rings (SSSR count). The molecule has 0 atom stereocenters. The zero-order valence-corrected chi connectivity index (χ0v) is 7.71. The lowest BCUT2D eigenvalue weighted by Gasteiger charge is -2.34. The highest BCUT2D eigenvalue weighted by Crippen LogP contribution is 2.31. The molecule has 0 bridgehead atoms. The van der Waals surface area contributed by atoms with Crippen molar-refractivity contribution in [1.82, 2.24) is 5.32 Å². The van der Waals surface area contributed by atoms with Gasteiger partial charge in [-0.1, -0.05) is 6.92 Å². The summed E-state index contributed by atoms with van der Waals surface area (Å²) in [5.41, 5.74) is -0.560. The molecule has 0 amide bonds. The first-order valence-corrected chi connectivity index (χ1v) is 4.70. The van der Waals surface area contributed by atoms with Crippen molar-refractivity contribution in [3.05, 3.63) is 0 Å². The molecule has 72 valence electrons. The van der Waals surface area contributed by atoms with Crippen LogP contribution in [0.25, 0.3) is 0 Å². The van der Waals surface area contributed by atoms with Crippen molar-refractivity contribution < 1.29 is 10.2 Å². The van der Waals surface area contributed by atoms with Crippen LogP contribution >= 0.6 is 0 Å². The Morgan fingerprint density at radius 2 is 2.00 bits per heavy atom. The molecule has 1 fully saturated rings.